The normalized spacial score (nSPS) is 17.4. The summed E-state index contributed by atoms with van der Waals surface area (Å²) in [5, 5.41) is 0. The molecular formula is C16H23ClN2. The number of halogens is 1. The molecular weight excluding hydrogens is 256 g/mol. The second-order valence-corrected chi connectivity index (χ2v) is 4.98. The fraction of sp³-hybridized carbons (Fsp3) is 0.438. The molecule has 2 rings (SSSR count). The van der Waals surface area contributed by atoms with Crippen LogP contribution < -0.4 is 5.73 Å². The lowest BCUT2D eigenvalue weighted by Gasteiger charge is -2.17. The number of aliphatic imine (C=N–C) groups is 1. The van der Waals surface area contributed by atoms with E-state index < -0.39 is 0 Å². The molecule has 1 aromatic carbocycles. The van der Waals surface area contributed by atoms with E-state index in [2.05, 4.69) is 23.2 Å². The monoisotopic (exact) mass is 278 g/mol. The highest BCUT2D eigenvalue weighted by Gasteiger charge is 2.09. The summed E-state index contributed by atoms with van der Waals surface area (Å²) < 4.78 is 0. The molecule has 0 radical (unpaired) electrons. The number of nitrogens with zero attached hydrogens (tertiary/aromatic N) is 1. The molecule has 0 amide bonds. The van der Waals surface area contributed by atoms with Crippen LogP contribution in [0.2, 0.25) is 0 Å². The average molecular weight is 279 g/mol. The van der Waals surface area contributed by atoms with E-state index in [0.717, 1.165) is 0 Å². The van der Waals surface area contributed by atoms with E-state index in [1.165, 1.54) is 37.7 Å². The predicted octanol–water partition coefficient (Wildman–Crippen LogP) is 4.10. The Kier molecular flexibility index (Phi) is 7.27. The molecule has 2 N–H and O–H groups in total. The molecule has 104 valence electrons. The van der Waals surface area contributed by atoms with Gasteiger partial charge in [-0.1, -0.05) is 55.7 Å². The summed E-state index contributed by atoms with van der Waals surface area (Å²) >= 11 is 0. The Hall–Kier alpha value is -1.28. The molecule has 0 bridgehead atoms. The fourth-order valence-corrected chi connectivity index (χ4v) is 2.38. The van der Waals surface area contributed by atoms with Crippen LogP contribution in [0.5, 0.6) is 0 Å². The quantitative estimate of drug-likeness (QED) is 0.653. The van der Waals surface area contributed by atoms with Gasteiger partial charge in [-0.15, -0.1) is 12.4 Å². The van der Waals surface area contributed by atoms with Crippen molar-refractivity contribution in [1.29, 1.82) is 0 Å². The van der Waals surface area contributed by atoms with Gasteiger partial charge in [0.2, 0.25) is 0 Å². The van der Waals surface area contributed by atoms with Crippen molar-refractivity contribution in [2.45, 2.75) is 38.6 Å². The predicted molar refractivity (Wildman–Crippen MR) is 84.7 cm³/mol. The highest BCUT2D eigenvalue weighted by molar-refractivity contribution is 5.91. The van der Waals surface area contributed by atoms with Gasteiger partial charge in [0.25, 0.3) is 0 Å². The van der Waals surface area contributed by atoms with Crippen LogP contribution in [0.15, 0.2) is 47.5 Å². The van der Waals surface area contributed by atoms with Crippen molar-refractivity contribution in [3.05, 3.63) is 48.0 Å². The molecule has 0 atom stereocenters. The highest BCUT2D eigenvalue weighted by atomic mass is 35.5. The minimum atomic E-state index is 0. The van der Waals surface area contributed by atoms with Crippen molar-refractivity contribution >= 4 is 18.2 Å². The Labute approximate surface area is 122 Å². The molecule has 1 aromatic rings. The third-order valence-electron chi connectivity index (χ3n) is 3.48. The summed E-state index contributed by atoms with van der Waals surface area (Å²) in [6.45, 7) is 0.668. The third kappa shape index (κ3) is 5.93. The zero-order valence-electron chi connectivity index (χ0n) is 11.3. The summed E-state index contributed by atoms with van der Waals surface area (Å²) in [5.41, 5.74) is 7.10. The molecule has 0 unspecified atom stereocenters. The lowest BCUT2D eigenvalue weighted by atomic mass is 9.89. The van der Waals surface area contributed by atoms with Gasteiger partial charge in [0.05, 0.1) is 6.54 Å². The topological polar surface area (TPSA) is 38.4 Å². The molecule has 0 spiro atoms. The first-order valence-corrected chi connectivity index (χ1v) is 6.86. The van der Waals surface area contributed by atoms with E-state index in [4.69, 9.17) is 5.73 Å². The molecule has 1 aliphatic rings. The molecule has 2 nitrogen and oxygen atoms in total. The lowest BCUT2D eigenvalue weighted by Crippen LogP contribution is -2.10. The van der Waals surface area contributed by atoms with Crippen LogP contribution in [0.3, 0.4) is 0 Å². The second kappa shape index (κ2) is 8.76. The number of hydrogen-bond donors (Lipinski definition) is 1. The van der Waals surface area contributed by atoms with Crippen LogP contribution in [0.4, 0.5) is 0 Å². The van der Waals surface area contributed by atoms with E-state index in [1.54, 1.807) is 0 Å². The van der Waals surface area contributed by atoms with Crippen LogP contribution in [-0.2, 0) is 6.54 Å². The summed E-state index contributed by atoms with van der Waals surface area (Å²) in [6.07, 6.45) is 10.9. The molecule has 0 aliphatic heterocycles. The molecule has 0 aromatic heterocycles. The fourth-order valence-electron chi connectivity index (χ4n) is 2.38. The minimum Gasteiger partial charge on any atom is -0.384 e. The van der Waals surface area contributed by atoms with Crippen LogP contribution in [0.1, 0.15) is 37.7 Å². The molecule has 1 aliphatic carbocycles. The first kappa shape index (κ1) is 15.8. The van der Waals surface area contributed by atoms with E-state index in [1.807, 2.05) is 24.3 Å². The molecule has 0 saturated heterocycles. The van der Waals surface area contributed by atoms with E-state index >= 15 is 0 Å². The van der Waals surface area contributed by atoms with Gasteiger partial charge >= 0.3 is 0 Å². The van der Waals surface area contributed by atoms with Crippen molar-refractivity contribution in [1.82, 2.24) is 0 Å². The van der Waals surface area contributed by atoms with Gasteiger partial charge in [-0.3, -0.25) is 4.99 Å². The van der Waals surface area contributed by atoms with E-state index in [-0.39, 0.29) is 12.4 Å². The molecule has 0 heterocycles. The largest absolute Gasteiger partial charge is 0.384 e. The molecule has 1 saturated carbocycles. The van der Waals surface area contributed by atoms with Crippen molar-refractivity contribution in [3.63, 3.8) is 0 Å². The maximum Gasteiger partial charge on any atom is 0.118 e. The average Bonchev–Trinajstić information content (AvgIpc) is 2.45. The summed E-state index contributed by atoms with van der Waals surface area (Å²) in [7, 11) is 0. The Morgan fingerprint density at radius 2 is 1.84 bits per heavy atom. The second-order valence-electron chi connectivity index (χ2n) is 4.98. The number of hydrogen-bond acceptors (Lipinski definition) is 1. The molecule has 3 heteroatoms. The SMILES string of the molecule is Cl.NC(/C=C/C1CCCCC1)=NCc1ccccc1. The summed E-state index contributed by atoms with van der Waals surface area (Å²) in [6, 6.07) is 10.2. The van der Waals surface area contributed by atoms with Crippen LogP contribution in [-0.4, -0.2) is 5.84 Å². The van der Waals surface area contributed by atoms with Gasteiger partial charge in [0, 0.05) is 0 Å². The number of allylic oxidation sites excluding steroid dienone is 1. The van der Waals surface area contributed by atoms with Crippen molar-refractivity contribution < 1.29 is 0 Å². The lowest BCUT2D eigenvalue weighted by molar-refractivity contribution is 0.419. The third-order valence-corrected chi connectivity index (χ3v) is 3.48. The van der Waals surface area contributed by atoms with Gasteiger partial charge in [-0.05, 0) is 30.4 Å². The zero-order chi connectivity index (χ0) is 12.6. The van der Waals surface area contributed by atoms with E-state index in [0.29, 0.717) is 18.3 Å². The van der Waals surface area contributed by atoms with Crippen molar-refractivity contribution in [2.75, 3.05) is 0 Å². The highest BCUT2D eigenvalue weighted by Crippen LogP contribution is 2.24. The molecule has 19 heavy (non-hydrogen) atoms. The van der Waals surface area contributed by atoms with Gasteiger partial charge in [0.15, 0.2) is 0 Å². The summed E-state index contributed by atoms with van der Waals surface area (Å²) in [4.78, 5) is 4.39. The Morgan fingerprint density at radius 3 is 2.53 bits per heavy atom. The van der Waals surface area contributed by atoms with Gasteiger partial charge < -0.3 is 5.73 Å². The van der Waals surface area contributed by atoms with Crippen LogP contribution >= 0.6 is 12.4 Å². The molecule has 1 fully saturated rings. The minimum absolute atomic E-state index is 0. The van der Waals surface area contributed by atoms with Gasteiger partial charge in [-0.2, -0.15) is 0 Å². The van der Waals surface area contributed by atoms with Gasteiger partial charge in [-0.25, -0.2) is 0 Å². The maximum absolute atomic E-state index is 5.90. The first-order valence-electron chi connectivity index (χ1n) is 6.86. The standard InChI is InChI=1S/C16H22N2.ClH/c17-16(12-11-14-7-3-1-4-8-14)18-13-15-9-5-2-6-10-15;/h2,5-6,9-12,14H,1,3-4,7-8,13H2,(H2,17,18);1H/b12-11+;. The summed E-state index contributed by atoms with van der Waals surface area (Å²) in [5.74, 6) is 1.36. The van der Waals surface area contributed by atoms with Crippen molar-refractivity contribution in [2.24, 2.45) is 16.6 Å². The maximum atomic E-state index is 5.90. The Balaban J connectivity index is 0.00000180. The van der Waals surface area contributed by atoms with Crippen LogP contribution in [0.25, 0.3) is 0 Å². The smallest absolute Gasteiger partial charge is 0.118 e. The van der Waals surface area contributed by atoms with Gasteiger partial charge in [0.1, 0.15) is 5.84 Å². The number of benzene rings is 1. The Bertz CT molecular complexity index is 406. The number of nitrogens with two attached hydrogens (primary N) is 1. The Morgan fingerprint density at radius 1 is 1.16 bits per heavy atom. The zero-order valence-corrected chi connectivity index (χ0v) is 12.1. The number of rotatable bonds is 4. The van der Waals surface area contributed by atoms with E-state index in [9.17, 15) is 0 Å². The number of amidine groups is 1. The first-order chi connectivity index (χ1) is 8.84. The van der Waals surface area contributed by atoms with Crippen LogP contribution in [0, 0.1) is 5.92 Å². The van der Waals surface area contributed by atoms with Crippen molar-refractivity contribution in [3.8, 4) is 0 Å².